The number of piperidine rings is 1. The maximum Gasteiger partial charge on any atom is 0.119 e. The minimum absolute atomic E-state index is 0.196. The molecule has 25 heavy (non-hydrogen) atoms. The van der Waals surface area contributed by atoms with Crippen molar-refractivity contribution in [2.75, 3.05) is 26.2 Å². The molecule has 0 saturated carbocycles. The smallest absolute Gasteiger partial charge is 0.119 e. The highest BCUT2D eigenvalue weighted by atomic mass is 16.5. The van der Waals surface area contributed by atoms with E-state index in [9.17, 15) is 0 Å². The fourth-order valence-corrected chi connectivity index (χ4v) is 3.49. The number of hydrogen-bond acceptors (Lipinski definition) is 2. The zero-order valence-corrected chi connectivity index (χ0v) is 16.7. The topological polar surface area (TPSA) is 12.5 Å². The van der Waals surface area contributed by atoms with Gasteiger partial charge in [-0.15, -0.1) is 0 Å². The molecule has 2 rings (SSSR count). The third kappa shape index (κ3) is 6.04. The highest BCUT2D eigenvalue weighted by Crippen LogP contribution is 2.26. The lowest BCUT2D eigenvalue weighted by Crippen LogP contribution is -2.36. The summed E-state index contributed by atoms with van der Waals surface area (Å²) in [6, 6.07) is 8.56. The Balaban J connectivity index is 1.73. The van der Waals surface area contributed by atoms with Crippen LogP contribution in [0.1, 0.15) is 53.0 Å². The largest absolute Gasteiger partial charge is 0.492 e. The molecule has 1 saturated heterocycles. The average Bonchev–Trinajstić information content (AvgIpc) is 2.60. The molecule has 1 heterocycles. The molecule has 0 atom stereocenters. The van der Waals surface area contributed by atoms with Gasteiger partial charge in [-0.1, -0.05) is 51.1 Å². The fourth-order valence-electron chi connectivity index (χ4n) is 3.49. The van der Waals surface area contributed by atoms with E-state index < -0.39 is 0 Å². The monoisotopic (exact) mass is 341 g/mol. The molecule has 0 spiro atoms. The molecule has 0 unspecified atom stereocenters. The van der Waals surface area contributed by atoms with Gasteiger partial charge in [0.25, 0.3) is 0 Å². The van der Waals surface area contributed by atoms with Crippen molar-refractivity contribution in [3.63, 3.8) is 0 Å². The molecule has 0 amide bonds. The van der Waals surface area contributed by atoms with E-state index in [1.165, 1.54) is 37.1 Å². The van der Waals surface area contributed by atoms with Gasteiger partial charge in [0.15, 0.2) is 0 Å². The number of rotatable bonds is 6. The maximum atomic E-state index is 5.95. The Morgan fingerprint density at radius 3 is 2.28 bits per heavy atom. The quantitative estimate of drug-likeness (QED) is 0.625. The third-order valence-corrected chi connectivity index (χ3v) is 5.15. The van der Waals surface area contributed by atoms with Crippen LogP contribution in [0.4, 0.5) is 0 Å². The molecule has 138 valence electrons. The number of benzene rings is 1. The number of allylic oxidation sites excluding steroid dienone is 4. The summed E-state index contributed by atoms with van der Waals surface area (Å²) in [5, 5.41) is 0. The SMILES string of the molecule is C/C=C\C(=C/C)C1CCN(CCOc2ccc(C(C)(C)C)cc2)CC1. The standard InChI is InChI=1S/C23H35NO/c1-6-8-19(7-2)20-13-15-24(16-14-20)17-18-25-22-11-9-21(10-12-22)23(3,4)5/h6-12,20H,13-18H2,1-5H3/b8-6-,19-7+. The summed E-state index contributed by atoms with van der Waals surface area (Å²) in [6.07, 6.45) is 9.20. The molecule has 2 nitrogen and oxygen atoms in total. The van der Waals surface area contributed by atoms with Crippen molar-refractivity contribution in [1.82, 2.24) is 4.90 Å². The van der Waals surface area contributed by atoms with Crippen molar-refractivity contribution in [2.45, 2.75) is 52.9 Å². The van der Waals surface area contributed by atoms with Crippen LogP contribution >= 0.6 is 0 Å². The van der Waals surface area contributed by atoms with E-state index in [0.29, 0.717) is 0 Å². The van der Waals surface area contributed by atoms with Gasteiger partial charge in [0.05, 0.1) is 0 Å². The lowest BCUT2D eigenvalue weighted by molar-refractivity contribution is 0.165. The van der Waals surface area contributed by atoms with Crippen LogP contribution in [0, 0.1) is 5.92 Å². The molecule has 0 N–H and O–H groups in total. The van der Waals surface area contributed by atoms with Crippen LogP contribution in [-0.2, 0) is 5.41 Å². The van der Waals surface area contributed by atoms with Crippen molar-refractivity contribution < 1.29 is 4.74 Å². The lowest BCUT2D eigenvalue weighted by Gasteiger charge is -2.32. The minimum atomic E-state index is 0.196. The summed E-state index contributed by atoms with van der Waals surface area (Å²) in [5.74, 6) is 1.70. The summed E-state index contributed by atoms with van der Waals surface area (Å²) >= 11 is 0. The Morgan fingerprint density at radius 1 is 1.12 bits per heavy atom. The second kappa shape index (κ2) is 9.24. The number of nitrogens with zero attached hydrogens (tertiary/aromatic N) is 1. The van der Waals surface area contributed by atoms with Gasteiger partial charge >= 0.3 is 0 Å². The highest BCUT2D eigenvalue weighted by Gasteiger charge is 2.20. The van der Waals surface area contributed by atoms with Gasteiger partial charge in [0.2, 0.25) is 0 Å². The van der Waals surface area contributed by atoms with Gasteiger partial charge in [0.1, 0.15) is 12.4 Å². The van der Waals surface area contributed by atoms with Gasteiger partial charge in [-0.2, -0.15) is 0 Å². The van der Waals surface area contributed by atoms with Gasteiger partial charge in [-0.3, -0.25) is 4.90 Å². The van der Waals surface area contributed by atoms with E-state index in [-0.39, 0.29) is 5.41 Å². The normalized spacial score (nSPS) is 18.0. The van der Waals surface area contributed by atoms with Crippen LogP contribution in [0.15, 0.2) is 48.1 Å². The van der Waals surface area contributed by atoms with Crippen LogP contribution < -0.4 is 4.74 Å². The Hall–Kier alpha value is -1.54. The Morgan fingerprint density at radius 2 is 1.76 bits per heavy atom. The van der Waals surface area contributed by atoms with Crippen molar-refractivity contribution in [3.05, 3.63) is 53.6 Å². The molecule has 0 bridgehead atoms. The molecule has 1 aromatic carbocycles. The molecular weight excluding hydrogens is 306 g/mol. The first kappa shape index (κ1) is 19.8. The summed E-state index contributed by atoms with van der Waals surface area (Å²) in [5.41, 5.74) is 3.04. The molecule has 0 aliphatic carbocycles. The first-order valence-corrected chi connectivity index (χ1v) is 9.68. The average molecular weight is 342 g/mol. The number of likely N-dealkylation sites (tertiary alicyclic amines) is 1. The first-order valence-electron chi connectivity index (χ1n) is 9.68. The van der Waals surface area contributed by atoms with E-state index in [2.05, 4.69) is 82.0 Å². The van der Waals surface area contributed by atoms with Crippen molar-refractivity contribution in [2.24, 2.45) is 5.92 Å². The summed E-state index contributed by atoms with van der Waals surface area (Å²) in [4.78, 5) is 2.53. The molecule has 2 heteroatoms. The Labute approximate surface area is 154 Å². The number of ether oxygens (including phenoxy) is 1. The van der Waals surface area contributed by atoms with E-state index in [1.807, 2.05) is 0 Å². The zero-order chi connectivity index (χ0) is 18.3. The highest BCUT2D eigenvalue weighted by molar-refractivity contribution is 5.31. The lowest BCUT2D eigenvalue weighted by atomic mass is 9.87. The van der Waals surface area contributed by atoms with Crippen LogP contribution in [-0.4, -0.2) is 31.1 Å². The van der Waals surface area contributed by atoms with E-state index in [0.717, 1.165) is 24.8 Å². The van der Waals surface area contributed by atoms with Gasteiger partial charge in [0, 0.05) is 6.54 Å². The van der Waals surface area contributed by atoms with Crippen LogP contribution in [0.25, 0.3) is 0 Å². The second-order valence-corrected chi connectivity index (χ2v) is 8.03. The summed E-state index contributed by atoms with van der Waals surface area (Å²) in [6.45, 7) is 15.1. The number of hydrogen-bond donors (Lipinski definition) is 0. The maximum absolute atomic E-state index is 5.95. The van der Waals surface area contributed by atoms with E-state index in [4.69, 9.17) is 4.74 Å². The van der Waals surface area contributed by atoms with Crippen LogP contribution in [0.2, 0.25) is 0 Å². The zero-order valence-electron chi connectivity index (χ0n) is 16.7. The first-order chi connectivity index (χ1) is 11.9. The van der Waals surface area contributed by atoms with Gasteiger partial charge < -0.3 is 4.74 Å². The predicted molar refractivity (Wildman–Crippen MR) is 108 cm³/mol. The second-order valence-electron chi connectivity index (χ2n) is 8.03. The van der Waals surface area contributed by atoms with Crippen LogP contribution in [0.3, 0.4) is 0 Å². The summed E-state index contributed by atoms with van der Waals surface area (Å²) < 4.78 is 5.95. The van der Waals surface area contributed by atoms with Crippen LogP contribution in [0.5, 0.6) is 5.75 Å². The molecular formula is C23H35NO. The Kier molecular flexibility index (Phi) is 7.31. The third-order valence-electron chi connectivity index (χ3n) is 5.15. The van der Waals surface area contributed by atoms with Gasteiger partial charge in [-0.25, -0.2) is 0 Å². The molecule has 1 aliphatic rings. The van der Waals surface area contributed by atoms with Crippen molar-refractivity contribution in [3.8, 4) is 5.75 Å². The van der Waals surface area contributed by atoms with E-state index >= 15 is 0 Å². The molecule has 1 fully saturated rings. The Bertz CT molecular complexity index is 569. The van der Waals surface area contributed by atoms with E-state index in [1.54, 1.807) is 0 Å². The predicted octanol–water partition coefficient (Wildman–Crippen LogP) is 5.60. The molecule has 1 aliphatic heterocycles. The van der Waals surface area contributed by atoms with Gasteiger partial charge in [-0.05, 0) is 74.4 Å². The molecule has 0 aromatic heterocycles. The molecule has 1 aromatic rings. The minimum Gasteiger partial charge on any atom is -0.492 e. The van der Waals surface area contributed by atoms with Crippen molar-refractivity contribution >= 4 is 0 Å². The van der Waals surface area contributed by atoms with Crippen molar-refractivity contribution in [1.29, 1.82) is 0 Å². The fraction of sp³-hybridized carbons (Fsp3) is 0.565. The molecule has 0 radical (unpaired) electrons. The summed E-state index contributed by atoms with van der Waals surface area (Å²) in [7, 11) is 0.